The van der Waals surface area contributed by atoms with E-state index < -0.39 is 5.79 Å². The lowest BCUT2D eigenvalue weighted by Crippen LogP contribution is -2.29. The van der Waals surface area contributed by atoms with Crippen molar-refractivity contribution in [3.05, 3.63) is 35.4 Å². The molecular formula is C17H28O3. The Bertz CT molecular complexity index is 399. The zero-order chi connectivity index (χ0) is 15.2. The van der Waals surface area contributed by atoms with Crippen molar-refractivity contribution in [1.82, 2.24) is 0 Å². The van der Waals surface area contributed by atoms with Gasteiger partial charge in [0.25, 0.3) is 0 Å². The summed E-state index contributed by atoms with van der Waals surface area (Å²) in [5, 5.41) is 9.51. The van der Waals surface area contributed by atoms with Crippen LogP contribution >= 0.6 is 0 Å². The van der Waals surface area contributed by atoms with Crippen LogP contribution in [0.15, 0.2) is 24.3 Å². The highest BCUT2D eigenvalue weighted by Crippen LogP contribution is 2.42. The van der Waals surface area contributed by atoms with Crippen LogP contribution in [0, 0.1) is 6.92 Å². The maximum Gasteiger partial charge on any atom is 0.169 e. The first kappa shape index (κ1) is 17.2. The Hall–Kier alpha value is -0.900. The predicted molar refractivity (Wildman–Crippen MR) is 81.6 cm³/mol. The summed E-state index contributed by atoms with van der Waals surface area (Å²) in [6.07, 6.45) is 1.15. The molecule has 1 heterocycles. The quantitative estimate of drug-likeness (QED) is 0.906. The van der Waals surface area contributed by atoms with Gasteiger partial charge in [0.2, 0.25) is 0 Å². The molecule has 1 saturated heterocycles. The molecule has 0 saturated carbocycles. The Balaban J connectivity index is 0.000000956. The Morgan fingerprint density at radius 1 is 1.10 bits per heavy atom. The minimum atomic E-state index is -0.541. The van der Waals surface area contributed by atoms with E-state index >= 15 is 0 Å². The molecule has 2 unspecified atom stereocenters. The first-order chi connectivity index (χ1) is 9.65. The summed E-state index contributed by atoms with van der Waals surface area (Å²) in [4.78, 5) is 0. The summed E-state index contributed by atoms with van der Waals surface area (Å²) in [6, 6.07) is 8.12. The van der Waals surface area contributed by atoms with Crippen molar-refractivity contribution in [3.8, 4) is 0 Å². The molecule has 114 valence electrons. The predicted octanol–water partition coefficient (Wildman–Crippen LogP) is 3.99. The first-order valence-electron chi connectivity index (χ1n) is 7.67. The smallest absolute Gasteiger partial charge is 0.169 e. The van der Waals surface area contributed by atoms with Gasteiger partial charge in [0.1, 0.15) is 12.2 Å². The van der Waals surface area contributed by atoms with E-state index in [0.29, 0.717) is 0 Å². The topological polar surface area (TPSA) is 38.7 Å². The second-order valence-corrected chi connectivity index (χ2v) is 4.85. The van der Waals surface area contributed by atoms with E-state index in [-0.39, 0.29) is 18.8 Å². The van der Waals surface area contributed by atoms with Gasteiger partial charge in [-0.1, -0.05) is 52.0 Å². The number of hydrogen-bond donors (Lipinski definition) is 1. The van der Waals surface area contributed by atoms with E-state index in [1.54, 1.807) is 0 Å². The Kier molecular flexibility index (Phi) is 6.66. The maximum atomic E-state index is 9.51. The third-order valence-electron chi connectivity index (χ3n) is 3.80. The van der Waals surface area contributed by atoms with Gasteiger partial charge in [-0.2, -0.15) is 0 Å². The molecule has 1 fully saturated rings. The highest BCUT2D eigenvalue weighted by atomic mass is 16.8. The molecule has 1 aromatic carbocycles. The average molecular weight is 280 g/mol. The van der Waals surface area contributed by atoms with Gasteiger partial charge < -0.3 is 14.6 Å². The summed E-state index contributed by atoms with van der Waals surface area (Å²) in [5.41, 5.74) is 2.29. The van der Waals surface area contributed by atoms with Crippen LogP contribution < -0.4 is 0 Å². The lowest BCUT2D eigenvalue weighted by molar-refractivity contribution is -0.181. The fraction of sp³-hybridized carbons (Fsp3) is 0.647. The van der Waals surface area contributed by atoms with Crippen molar-refractivity contribution in [1.29, 1.82) is 0 Å². The number of aliphatic hydroxyl groups excluding tert-OH is 1. The molecule has 3 heteroatoms. The number of hydrogen-bond acceptors (Lipinski definition) is 3. The van der Waals surface area contributed by atoms with Crippen LogP contribution in [0.2, 0.25) is 0 Å². The van der Waals surface area contributed by atoms with Crippen LogP contribution in [-0.2, 0) is 9.47 Å². The second kappa shape index (κ2) is 7.77. The van der Waals surface area contributed by atoms with Gasteiger partial charge in [0.15, 0.2) is 5.79 Å². The minimum Gasteiger partial charge on any atom is -0.394 e. The zero-order valence-corrected chi connectivity index (χ0v) is 13.3. The molecule has 2 rings (SSSR count). The zero-order valence-electron chi connectivity index (χ0n) is 13.3. The second-order valence-electron chi connectivity index (χ2n) is 4.85. The summed E-state index contributed by atoms with van der Waals surface area (Å²) >= 11 is 0. The SMILES string of the molecule is CC.CCC1(CC)OC(CO)C(c2ccccc2C)O1. The molecule has 20 heavy (non-hydrogen) atoms. The number of rotatable bonds is 4. The van der Waals surface area contributed by atoms with Crippen LogP contribution in [0.3, 0.4) is 0 Å². The summed E-state index contributed by atoms with van der Waals surface area (Å²) in [7, 11) is 0. The van der Waals surface area contributed by atoms with Crippen LogP contribution in [-0.4, -0.2) is 23.6 Å². The fourth-order valence-electron chi connectivity index (χ4n) is 2.56. The van der Waals surface area contributed by atoms with Gasteiger partial charge >= 0.3 is 0 Å². The summed E-state index contributed by atoms with van der Waals surface area (Å²) < 4.78 is 12.1. The molecule has 0 radical (unpaired) electrons. The number of ether oxygens (including phenoxy) is 2. The minimum absolute atomic E-state index is 0.0131. The lowest BCUT2D eigenvalue weighted by Gasteiger charge is -2.25. The van der Waals surface area contributed by atoms with Crippen molar-refractivity contribution in [3.63, 3.8) is 0 Å². The maximum absolute atomic E-state index is 9.51. The largest absolute Gasteiger partial charge is 0.394 e. The van der Waals surface area contributed by atoms with E-state index in [0.717, 1.165) is 18.4 Å². The van der Waals surface area contributed by atoms with E-state index in [1.807, 2.05) is 32.0 Å². The van der Waals surface area contributed by atoms with E-state index in [4.69, 9.17) is 9.47 Å². The molecule has 0 amide bonds. The Labute approximate surface area is 122 Å². The van der Waals surface area contributed by atoms with E-state index in [1.165, 1.54) is 5.56 Å². The Morgan fingerprint density at radius 3 is 2.20 bits per heavy atom. The molecule has 0 aromatic heterocycles. The number of benzene rings is 1. The summed E-state index contributed by atoms with van der Waals surface area (Å²) in [5.74, 6) is -0.541. The molecule has 0 aliphatic carbocycles. The fourth-order valence-corrected chi connectivity index (χ4v) is 2.56. The van der Waals surface area contributed by atoms with Crippen LogP contribution in [0.4, 0.5) is 0 Å². The Morgan fingerprint density at radius 2 is 1.70 bits per heavy atom. The molecule has 1 aliphatic heterocycles. The monoisotopic (exact) mass is 280 g/mol. The molecular weight excluding hydrogens is 252 g/mol. The highest BCUT2D eigenvalue weighted by Gasteiger charge is 2.45. The van der Waals surface area contributed by atoms with Crippen LogP contribution in [0.1, 0.15) is 57.8 Å². The van der Waals surface area contributed by atoms with Crippen molar-refractivity contribution in [2.75, 3.05) is 6.61 Å². The third-order valence-corrected chi connectivity index (χ3v) is 3.80. The molecule has 1 N–H and O–H groups in total. The standard InChI is InChI=1S/C15H22O3.C2H6/c1-4-15(5-2)17-13(10-16)14(18-15)12-9-7-6-8-11(12)3;1-2/h6-9,13-14,16H,4-5,10H2,1-3H3;1-2H3. The van der Waals surface area contributed by atoms with Gasteiger partial charge in [-0.05, 0) is 30.9 Å². The molecule has 1 aliphatic rings. The van der Waals surface area contributed by atoms with Crippen molar-refractivity contribution in [2.24, 2.45) is 0 Å². The third kappa shape index (κ3) is 3.40. The van der Waals surface area contributed by atoms with Gasteiger partial charge in [0, 0.05) is 0 Å². The molecule has 1 aromatic rings. The highest BCUT2D eigenvalue weighted by molar-refractivity contribution is 5.29. The lowest BCUT2D eigenvalue weighted by atomic mass is 10.00. The van der Waals surface area contributed by atoms with Gasteiger partial charge in [-0.3, -0.25) is 0 Å². The molecule has 0 spiro atoms. The molecule has 3 nitrogen and oxygen atoms in total. The molecule has 2 atom stereocenters. The summed E-state index contributed by atoms with van der Waals surface area (Å²) in [6.45, 7) is 10.2. The van der Waals surface area contributed by atoms with Crippen molar-refractivity contribution >= 4 is 0 Å². The van der Waals surface area contributed by atoms with Gasteiger partial charge in [-0.25, -0.2) is 0 Å². The number of aliphatic hydroxyl groups is 1. The van der Waals surface area contributed by atoms with Crippen LogP contribution in [0.25, 0.3) is 0 Å². The van der Waals surface area contributed by atoms with Gasteiger partial charge in [-0.15, -0.1) is 0 Å². The van der Waals surface area contributed by atoms with Crippen LogP contribution in [0.5, 0.6) is 0 Å². The average Bonchev–Trinajstić information content (AvgIpc) is 2.89. The molecule has 0 bridgehead atoms. The normalized spacial score (nSPS) is 24.1. The van der Waals surface area contributed by atoms with E-state index in [2.05, 4.69) is 26.8 Å². The van der Waals surface area contributed by atoms with E-state index in [9.17, 15) is 5.11 Å². The first-order valence-corrected chi connectivity index (χ1v) is 7.67. The van der Waals surface area contributed by atoms with Gasteiger partial charge in [0.05, 0.1) is 6.61 Å². The van der Waals surface area contributed by atoms with Crippen molar-refractivity contribution in [2.45, 2.75) is 65.5 Å². The van der Waals surface area contributed by atoms with Crippen molar-refractivity contribution < 1.29 is 14.6 Å². The number of aryl methyl sites for hydroxylation is 1.